The van der Waals surface area contributed by atoms with Crippen molar-refractivity contribution in [2.75, 3.05) is 24.8 Å². The number of anilines is 2. The summed E-state index contributed by atoms with van der Waals surface area (Å²) < 4.78 is 5.06. The predicted molar refractivity (Wildman–Crippen MR) is 76.4 cm³/mol. The molecule has 2 heterocycles. The zero-order chi connectivity index (χ0) is 14.4. The highest BCUT2D eigenvalue weighted by atomic mass is 16.5. The number of aryl methyl sites for hydroxylation is 1. The first-order valence-corrected chi connectivity index (χ1v) is 6.28. The average Bonchev–Trinajstić information content (AvgIpc) is 2.45. The molecule has 0 spiro atoms. The number of ether oxygens (including phenoxy) is 1. The summed E-state index contributed by atoms with van der Waals surface area (Å²) in [4.78, 5) is 17.1. The van der Waals surface area contributed by atoms with Gasteiger partial charge in [-0.15, -0.1) is 0 Å². The van der Waals surface area contributed by atoms with Crippen LogP contribution in [0.15, 0.2) is 18.3 Å². The fourth-order valence-electron chi connectivity index (χ4n) is 1.69. The van der Waals surface area contributed by atoms with Crippen molar-refractivity contribution >= 4 is 11.6 Å². The maximum atomic E-state index is 5.06. The van der Waals surface area contributed by atoms with Gasteiger partial charge in [-0.3, -0.25) is 0 Å². The third-order valence-corrected chi connectivity index (χ3v) is 2.59. The van der Waals surface area contributed by atoms with Gasteiger partial charge in [-0.05, 0) is 13.0 Å². The Morgan fingerprint density at radius 1 is 1.20 bits per heavy atom. The molecular weight excluding hydrogens is 256 g/mol. The second kappa shape index (κ2) is 6.76. The van der Waals surface area contributed by atoms with Crippen LogP contribution in [0.3, 0.4) is 0 Å². The first-order chi connectivity index (χ1) is 9.71. The van der Waals surface area contributed by atoms with E-state index in [1.807, 2.05) is 26.1 Å². The van der Waals surface area contributed by atoms with E-state index in [1.54, 1.807) is 13.3 Å². The Morgan fingerprint density at radius 2 is 2.00 bits per heavy atom. The monoisotopic (exact) mass is 274 g/mol. The minimum absolute atomic E-state index is 0.372. The molecule has 0 aliphatic heterocycles. The zero-order valence-corrected chi connectivity index (χ0v) is 11.8. The molecule has 2 aromatic heterocycles. The van der Waals surface area contributed by atoms with E-state index in [-0.39, 0.29) is 0 Å². The van der Waals surface area contributed by atoms with Crippen LogP contribution in [0, 0.1) is 6.92 Å². The molecule has 0 aliphatic carbocycles. The Bertz CT molecular complexity index is 575. The van der Waals surface area contributed by atoms with Gasteiger partial charge in [-0.2, -0.15) is 0 Å². The van der Waals surface area contributed by atoms with Crippen LogP contribution in [0.5, 0.6) is 0 Å². The van der Waals surface area contributed by atoms with Crippen molar-refractivity contribution in [3.63, 3.8) is 0 Å². The van der Waals surface area contributed by atoms with Gasteiger partial charge in [0.15, 0.2) is 5.82 Å². The van der Waals surface area contributed by atoms with Gasteiger partial charge in [0, 0.05) is 26.4 Å². The highest BCUT2D eigenvalue weighted by Crippen LogP contribution is 2.12. The predicted octanol–water partition coefficient (Wildman–Crippen LogP) is 1.38. The Kier molecular flexibility index (Phi) is 4.78. The summed E-state index contributed by atoms with van der Waals surface area (Å²) in [5.74, 6) is 2.85. The third-order valence-electron chi connectivity index (χ3n) is 2.59. The topological polar surface area (TPSA) is 84.9 Å². The molecule has 2 N–H and O–H groups in total. The number of aromatic nitrogens is 4. The van der Waals surface area contributed by atoms with E-state index in [0.717, 1.165) is 23.2 Å². The van der Waals surface area contributed by atoms with E-state index in [2.05, 4.69) is 30.6 Å². The van der Waals surface area contributed by atoms with Crippen molar-refractivity contribution in [1.82, 2.24) is 19.9 Å². The van der Waals surface area contributed by atoms with E-state index in [4.69, 9.17) is 4.74 Å². The summed E-state index contributed by atoms with van der Waals surface area (Å²) in [6.07, 6.45) is 1.74. The van der Waals surface area contributed by atoms with Crippen molar-refractivity contribution in [1.29, 1.82) is 0 Å². The lowest BCUT2D eigenvalue weighted by Gasteiger charge is -2.09. The van der Waals surface area contributed by atoms with Gasteiger partial charge in [0.25, 0.3) is 0 Å². The van der Waals surface area contributed by atoms with E-state index in [9.17, 15) is 0 Å². The molecule has 0 bridgehead atoms. The van der Waals surface area contributed by atoms with Crippen LogP contribution in [-0.4, -0.2) is 34.1 Å². The number of nitrogens with zero attached hydrogens (tertiary/aromatic N) is 4. The summed E-state index contributed by atoms with van der Waals surface area (Å²) in [6, 6.07) is 3.71. The van der Waals surface area contributed by atoms with Gasteiger partial charge in [0.2, 0.25) is 0 Å². The Morgan fingerprint density at radius 3 is 2.70 bits per heavy atom. The third kappa shape index (κ3) is 3.86. The highest BCUT2D eigenvalue weighted by molar-refractivity contribution is 5.47. The summed E-state index contributed by atoms with van der Waals surface area (Å²) in [7, 11) is 3.43. The smallest absolute Gasteiger partial charge is 0.158 e. The Hall–Kier alpha value is -2.28. The molecule has 106 valence electrons. The molecule has 2 aromatic rings. The SMILES string of the molecule is CNc1cc(NCc2ccnc(C)n2)nc(COC)n1. The molecular formula is C13H18N6O. The van der Waals surface area contributed by atoms with Gasteiger partial charge in [0.1, 0.15) is 24.1 Å². The van der Waals surface area contributed by atoms with Gasteiger partial charge in [-0.25, -0.2) is 19.9 Å². The maximum absolute atomic E-state index is 5.06. The van der Waals surface area contributed by atoms with Gasteiger partial charge >= 0.3 is 0 Å². The molecule has 0 amide bonds. The quantitative estimate of drug-likeness (QED) is 0.823. The normalized spacial score (nSPS) is 10.3. The van der Waals surface area contributed by atoms with Gasteiger partial charge in [0.05, 0.1) is 12.2 Å². The molecule has 7 nitrogen and oxygen atoms in total. The second-order valence-electron chi connectivity index (χ2n) is 4.19. The Balaban J connectivity index is 2.10. The van der Waals surface area contributed by atoms with Crippen molar-refractivity contribution in [3.8, 4) is 0 Å². The molecule has 0 aromatic carbocycles. The van der Waals surface area contributed by atoms with Crippen LogP contribution in [-0.2, 0) is 17.9 Å². The molecule has 0 unspecified atom stereocenters. The molecule has 0 aliphatic rings. The van der Waals surface area contributed by atoms with E-state index in [0.29, 0.717) is 19.0 Å². The lowest BCUT2D eigenvalue weighted by Crippen LogP contribution is -2.08. The van der Waals surface area contributed by atoms with Gasteiger partial charge in [-0.1, -0.05) is 0 Å². The van der Waals surface area contributed by atoms with E-state index >= 15 is 0 Å². The fourth-order valence-corrected chi connectivity index (χ4v) is 1.69. The number of nitrogens with one attached hydrogen (secondary N) is 2. The molecule has 0 radical (unpaired) electrons. The average molecular weight is 274 g/mol. The van der Waals surface area contributed by atoms with Crippen molar-refractivity contribution in [3.05, 3.63) is 35.7 Å². The lowest BCUT2D eigenvalue weighted by molar-refractivity contribution is 0.178. The standard InChI is InChI=1S/C13H18N6O/c1-9-15-5-4-10(17-9)7-16-12-6-11(14-2)18-13(19-12)8-20-3/h4-6H,7-8H2,1-3H3,(H2,14,16,18,19). The lowest BCUT2D eigenvalue weighted by atomic mass is 10.4. The first-order valence-electron chi connectivity index (χ1n) is 6.28. The molecule has 0 fully saturated rings. The summed E-state index contributed by atoms with van der Waals surface area (Å²) in [6.45, 7) is 2.82. The maximum Gasteiger partial charge on any atom is 0.158 e. The van der Waals surface area contributed by atoms with Crippen LogP contribution in [0.1, 0.15) is 17.3 Å². The van der Waals surface area contributed by atoms with Crippen molar-refractivity contribution in [2.45, 2.75) is 20.1 Å². The van der Waals surface area contributed by atoms with Gasteiger partial charge < -0.3 is 15.4 Å². The largest absolute Gasteiger partial charge is 0.377 e. The van der Waals surface area contributed by atoms with Crippen LogP contribution in [0.4, 0.5) is 11.6 Å². The van der Waals surface area contributed by atoms with E-state index < -0.39 is 0 Å². The molecule has 20 heavy (non-hydrogen) atoms. The van der Waals surface area contributed by atoms with Crippen molar-refractivity contribution in [2.24, 2.45) is 0 Å². The van der Waals surface area contributed by atoms with Crippen LogP contribution >= 0.6 is 0 Å². The molecule has 0 saturated carbocycles. The summed E-state index contributed by atoms with van der Waals surface area (Å²) in [5, 5.41) is 6.23. The van der Waals surface area contributed by atoms with Crippen LogP contribution in [0.2, 0.25) is 0 Å². The molecule has 0 saturated heterocycles. The molecule has 2 rings (SSSR count). The summed E-state index contributed by atoms with van der Waals surface area (Å²) in [5.41, 5.74) is 0.912. The number of rotatable bonds is 6. The molecule has 7 heteroatoms. The first kappa shape index (κ1) is 14.1. The minimum Gasteiger partial charge on any atom is -0.377 e. The highest BCUT2D eigenvalue weighted by Gasteiger charge is 2.04. The molecule has 0 atom stereocenters. The zero-order valence-electron chi connectivity index (χ0n) is 11.8. The number of methoxy groups -OCH3 is 1. The van der Waals surface area contributed by atoms with E-state index in [1.165, 1.54) is 0 Å². The van der Waals surface area contributed by atoms with Crippen LogP contribution < -0.4 is 10.6 Å². The van der Waals surface area contributed by atoms with Crippen molar-refractivity contribution < 1.29 is 4.74 Å². The van der Waals surface area contributed by atoms with Crippen LogP contribution in [0.25, 0.3) is 0 Å². The second-order valence-corrected chi connectivity index (χ2v) is 4.19. The summed E-state index contributed by atoms with van der Waals surface area (Å²) >= 11 is 0. The number of hydrogen-bond acceptors (Lipinski definition) is 7. The fraction of sp³-hybridized carbons (Fsp3) is 0.385. The minimum atomic E-state index is 0.372. The number of hydrogen-bond donors (Lipinski definition) is 2. The Labute approximate surface area is 117 Å².